The average Bonchev–Trinajstić information content (AvgIpc) is 3.28. The molecule has 3 amide bonds. The van der Waals surface area contributed by atoms with Crippen molar-refractivity contribution < 1.29 is 24.2 Å². The Balaban J connectivity index is 1.52. The van der Waals surface area contributed by atoms with Gasteiger partial charge in [-0.25, -0.2) is 0 Å². The van der Waals surface area contributed by atoms with Gasteiger partial charge in [0.05, 0.1) is 18.4 Å². The van der Waals surface area contributed by atoms with E-state index in [1.54, 1.807) is 27.8 Å². The maximum absolute atomic E-state index is 13.0. The van der Waals surface area contributed by atoms with Gasteiger partial charge < -0.3 is 25.4 Å². The molecule has 1 aromatic carbocycles. The molecule has 1 aromatic heterocycles. The molecule has 11 heteroatoms. The summed E-state index contributed by atoms with van der Waals surface area (Å²) in [6.45, 7) is 5.39. The van der Waals surface area contributed by atoms with Gasteiger partial charge in [0, 0.05) is 56.7 Å². The first-order valence-corrected chi connectivity index (χ1v) is 13.0. The first kappa shape index (κ1) is 26.6. The largest absolute Gasteiger partial charge is 0.493 e. The zero-order valence-electron chi connectivity index (χ0n) is 21.5. The summed E-state index contributed by atoms with van der Waals surface area (Å²) in [4.78, 5) is 40.6. The Kier molecular flexibility index (Phi) is 8.75. The maximum atomic E-state index is 13.0. The second-order valence-corrected chi connectivity index (χ2v) is 9.84. The van der Waals surface area contributed by atoms with Gasteiger partial charge in [-0.15, -0.1) is 5.10 Å². The Morgan fingerprint density at radius 2 is 2.00 bits per heavy atom. The van der Waals surface area contributed by atoms with Crippen molar-refractivity contribution in [3.8, 4) is 5.75 Å². The molecule has 2 heterocycles. The number of aryl methyl sites for hydroxylation is 2. The molecule has 1 fully saturated rings. The van der Waals surface area contributed by atoms with Crippen LogP contribution in [0, 0.1) is 12.8 Å². The molecule has 4 rings (SSSR count). The molecule has 1 aliphatic carbocycles. The quantitative estimate of drug-likeness (QED) is 0.542. The van der Waals surface area contributed by atoms with Crippen molar-refractivity contribution in [2.45, 2.75) is 64.6 Å². The molecule has 2 atom stereocenters. The summed E-state index contributed by atoms with van der Waals surface area (Å²) in [5, 5.41) is 24.1. The lowest BCUT2D eigenvalue weighted by Crippen LogP contribution is -2.53. The molecule has 0 unspecified atom stereocenters. The van der Waals surface area contributed by atoms with Gasteiger partial charge in [-0.2, -0.15) is 0 Å². The fourth-order valence-corrected chi connectivity index (χ4v) is 4.42. The number of amides is 3. The molecule has 1 saturated carbocycles. The molecular weight excluding hydrogens is 476 g/mol. The number of aliphatic hydroxyl groups excluding tert-OH is 1. The highest BCUT2D eigenvalue weighted by molar-refractivity contribution is 5.98. The number of fused-ring (bicyclic) bond motifs is 4. The van der Waals surface area contributed by atoms with Gasteiger partial charge in [-0.1, -0.05) is 17.7 Å². The van der Waals surface area contributed by atoms with E-state index in [0.29, 0.717) is 50.4 Å². The van der Waals surface area contributed by atoms with Crippen LogP contribution in [0.2, 0.25) is 0 Å². The number of carbonyl (C=O) groups is 3. The lowest BCUT2D eigenvalue weighted by molar-refractivity contribution is -0.138. The van der Waals surface area contributed by atoms with Crippen LogP contribution in [-0.4, -0.2) is 81.1 Å². The zero-order valence-corrected chi connectivity index (χ0v) is 21.5. The van der Waals surface area contributed by atoms with E-state index in [1.165, 1.54) is 6.92 Å². The SMILES string of the molecule is Cc1ccc2cc1OCCCn1cc(nn1)CCN(C(=O)C1CCC1)CCNC(=O)[C@H]([C@@H](C)O)NC2=O. The Hall–Kier alpha value is -3.47. The third-order valence-corrected chi connectivity index (χ3v) is 6.96. The van der Waals surface area contributed by atoms with Gasteiger partial charge in [-0.3, -0.25) is 19.1 Å². The summed E-state index contributed by atoms with van der Waals surface area (Å²) in [6, 6.07) is 3.93. The van der Waals surface area contributed by atoms with E-state index in [1.807, 2.05) is 13.1 Å². The van der Waals surface area contributed by atoms with Crippen LogP contribution < -0.4 is 15.4 Å². The van der Waals surface area contributed by atoms with Crippen molar-refractivity contribution in [3.63, 3.8) is 0 Å². The van der Waals surface area contributed by atoms with E-state index < -0.39 is 24.0 Å². The van der Waals surface area contributed by atoms with Crippen LogP contribution >= 0.6 is 0 Å². The van der Waals surface area contributed by atoms with Gasteiger partial charge >= 0.3 is 0 Å². The fourth-order valence-electron chi connectivity index (χ4n) is 4.42. The fraction of sp³-hybridized carbons (Fsp3) is 0.577. The average molecular weight is 513 g/mol. The summed E-state index contributed by atoms with van der Waals surface area (Å²) in [6.07, 6.45) is 4.84. The maximum Gasteiger partial charge on any atom is 0.252 e. The monoisotopic (exact) mass is 512 g/mol. The molecular formula is C26H36N6O5. The van der Waals surface area contributed by atoms with Crippen LogP contribution in [0.15, 0.2) is 24.4 Å². The number of ether oxygens (including phenoxy) is 1. The normalized spacial score (nSPS) is 21.2. The second-order valence-electron chi connectivity index (χ2n) is 9.84. The first-order chi connectivity index (χ1) is 17.8. The van der Waals surface area contributed by atoms with Gasteiger partial charge in [0.25, 0.3) is 5.91 Å². The Morgan fingerprint density at radius 3 is 2.73 bits per heavy atom. The van der Waals surface area contributed by atoms with E-state index in [9.17, 15) is 19.5 Å². The lowest BCUT2D eigenvalue weighted by atomic mass is 9.84. The zero-order chi connectivity index (χ0) is 26.4. The minimum Gasteiger partial charge on any atom is -0.493 e. The summed E-state index contributed by atoms with van der Waals surface area (Å²) in [5.41, 5.74) is 2.00. The van der Waals surface area contributed by atoms with Crippen LogP contribution in [0.5, 0.6) is 5.75 Å². The van der Waals surface area contributed by atoms with Gasteiger partial charge in [0.15, 0.2) is 0 Å². The highest BCUT2D eigenvalue weighted by Gasteiger charge is 2.30. The van der Waals surface area contributed by atoms with Crippen LogP contribution in [0.1, 0.15) is 54.2 Å². The van der Waals surface area contributed by atoms with Crippen molar-refractivity contribution in [1.29, 1.82) is 0 Å². The van der Waals surface area contributed by atoms with Crippen molar-refractivity contribution in [1.82, 2.24) is 30.5 Å². The van der Waals surface area contributed by atoms with Crippen molar-refractivity contribution in [3.05, 3.63) is 41.2 Å². The third-order valence-electron chi connectivity index (χ3n) is 6.96. The molecule has 4 bridgehead atoms. The number of aliphatic hydroxyl groups is 1. The van der Waals surface area contributed by atoms with Crippen LogP contribution in [0.25, 0.3) is 0 Å². The molecule has 0 spiro atoms. The highest BCUT2D eigenvalue weighted by atomic mass is 16.5. The molecule has 1 aliphatic heterocycles. The second kappa shape index (κ2) is 12.2. The number of nitrogens with one attached hydrogen (secondary N) is 2. The summed E-state index contributed by atoms with van der Waals surface area (Å²) >= 11 is 0. The first-order valence-electron chi connectivity index (χ1n) is 13.0. The molecule has 37 heavy (non-hydrogen) atoms. The smallest absolute Gasteiger partial charge is 0.252 e. The number of benzene rings is 1. The number of aromatic nitrogens is 3. The molecule has 3 N–H and O–H groups in total. The number of nitrogens with zero attached hydrogens (tertiary/aromatic N) is 4. The molecule has 0 radical (unpaired) electrons. The van der Waals surface area contributed by atoms with Crippen molar-refractivity contribution in [2.24, 2.45) is 5.92 Å². The van der Waals surface area contributed by atoms with Gasteiger partial charge in [0.2, 0.25) is 11.8 Å². The standard InChI is InChI=1S/C26H36N6O5/c1-17-7-8-20-15-22(17)37-14-4-11-32-16-21(29-30-32)9-12-31(26(36)19-5-3-6-19)13-10-27-25(35)23(18(2)33)28-24(20)34/h7-8,15-16,18-19,23,33H,3-6,9-14H2,1-2H3,(H,27,35)(H,28,34)/t18-,23+/m1/s1. The minimum absolute atomic E-state index is 0.0285. The van der Waals surface area contributed by atoms with E-state index in [-0.39, 0.29) is 18.4 Å². The molecule has 0 saturated heterocycles. The van der Waals surface area contributed by atoms with Gasteiger partial charge in [0.1, 0.15) is 11.8 Å². The summed E-state index contributed by atoms with van der Waals surface area (Å²) in [5.74, 6) is -0.309. The number of rotatable bonds is 2. The minimum atomic E-state index is -1.14. The van der Waals surface area contributed by atoms with E-state index in [0.717, 1.165) is 30.5 Å². The van der Waals surface area contributed by atoms with Crippen LogP contribution in [-0.2, 0) is 22.6 Å². The molecule has 2 aromatic rings. The van der Waals surface area contributed by atoms with Crippen LogP contribution in [0.3, 0.4) is 0 Å². The highest BCUT2D eigenvalue weighted by Crippen LogP contribution is 2.28. The van der Waals surface area contributed by atoms with Crippen molar-refractivity contribution in [2.75, 3.05) is 26.2 Å². The summed E-state index contributed by atoms with van der Waals surface area (Å²) < 4.78 is 7.68. The molecule has 2 aliphatic rings. The Morgan fingerprint density at radius 1 is 1.19 bits per heavy atom. The number of hydrogen-bond acceptors (Lipinski definition) is 7. The van der Waals surface area contributed by atoms with Gasteiger partial charge in [-0.05, 0) is 44.4 Å². The van der Waals surface area contributed by atoms with E-state index >= 15 is 0 Å². The summed E-state index contributed by atoms with van der Waals surface area (Å²) in [7, 11) is 0. The Bertz CT molecular complexity index is 1110. The Labute approximate surface area is 216 Å². The number of carbonyl (C=O) groups excluding carboxylic acids is 3. The van der Waals surface area contributed by atoms with E-state index in [4.69, 9.17) is 4.74 Å². The lowest BCUT2D eigenvalue weighted by Gasteiger charge is -2.32. The molecule has 11 nitrogen and oxygen atoms in total. The van der Waals surface area contributed by atoms with Crippen LogP contribution in [0.4, 0.5) is 0 Å². The predicted octanol–water partition coefficient (Wildman–Crippen LogP) is 0.836. The topological polar surface area (TPSA) is 139 Å². The molecule has 200 valence electrons. The van der Waals surface area contributed by atoms with E-state index in [2.05, 4.69) is 20.9 Å². The predicted molar refractivity (Wildman–Crippen MR) is 135 cm³/mol. The number of hydrogen-bond donors (Lipinski definition) is 3. The van der Waals surface area contributed by atoms with Crippen molar-refractivity contribution >= 4 is 17.7 Å². The third kappa shape index (κ3) is 6.85.